The van der Waals surface area contributed by atoms with Crippen molar-refractivity contribution < 1.29 is 14.3 Å². The standard InChI is InChI=1S/C19H24N4O3/c1-13(24)20-9-17-10-21-18(22-17)16-7-8-23(11-16)19(25)15-5-3-14(4-6-15)12-26-2/h3-6,10,16H,7-9,11-12H2,1-2H3,(H,20,24)(H,21,22). The molecule has 1 aromatic heterocycles. The van der Waals surface area contributed by atoms with E-state index < -0.39 is 0 Å². The first-order valence-corrected chi connectivity index (χ1v) is 8.72. The Hall–Kier alpha value is -2.67. The quantitative estimate of drug-likeness (QED) is 0.826. The number of hydrogen-bond donors (Lipinski definition) is 2. The van der Waals surface area contributed by atoms with E-state index in [1.54, 1.807) is 13.3 Å². The summed E-state index contributed by atoms with van der Waals surface area (Å²) in [5.41, 5.74) is 2.61. The molecule has 0 spiro atoms. The van der Waals surface area contributed by atoms with Gasteiger partial charge in [0.15, 0.2) is 0 Å². The maximum atomic E-state index is 12.7. The van der Waals surface area contributed by atoms with Crippen LogP contribution in [0.4, 0.5) is 0 Å². The van der Waals surface area contributed by atoms with Gasteiger partial charge in [-0.15, -0.1) is 0 Å². The summed E-state index contributed by atoms with van der Waals surface area (Å²) >= 11 is 0. The number of H-pyrrole nitrogens is 1. The van der Waals surface area contributed by atoms with Crippen molar-refractivity contribution >= 4 is 11.8 Å². The van der Waals surface area contributed by atoms with Crippen LogP contribution in [0.25, 0.3) is 0 Å². The minimum absolute atomic E-state index is 0.0430. The van der Waals surface area contributed by atoms with Gasteiger partial charge in [-0.2, -0.15) is 0 Å². The van der Waals surface area contributed by atoms with E-state index in [0.717, 1.165) is 23.5 Å². The number of nitrogens with zero attached hydrogens (tertiary/aromatic N) is 2. The largest absolute Gasteiger partial charge is 0.380 e. The second kappa shape index (κ2) is 8.14. The molecule has 7 nitrogen and oxygen atoms in total. The number of methoxy groups -OCH3 is 1. The van der Waals surface area contributed by atoms with Crippen molar-refractivity contribution in [2.75, 3.05) is 20.2 Å². The fraction of sp³-hybridized carbons (Fsp3) is 0.421. The summed E-state index contributed by atoms with van der Waals surface area (Å²) < 4.78 is 5.09. The zero-order valence-electron chi connectivity index (χ0n) is 15.1. The molecule has 1 fully saturated rings. The van der Waals surface area contributed by atoms with Gasteiger partial charge in [-0.25, -0.2) is 4.98 Å². The monoisotopic (exact) mass is 356 g/mol. The Kier molecular flexibility index (Phi) is 5.68. The lowest BCUT2D eigenvalue weighted by molar-refractivity contribution is -0.119. The van der Waals surface area contributed by atoms with Crippen LogP contribution < -0.4 is 5.32 Å². The molecule has 1 aromatic carbocycles. The molecule has 0 saturated carbocycles. The van der Waals surface area contributed by atoms with Crippen LogP contribution in [0.2, 0.25) is 0 Å². The molecular weight excluding hydrogens is 332 g/mol. The first-order valence-electron chi connectivity index (χ1n) is 8.72. The molecule has 2 aromatic rings. The highest BCUT2D eigenvalue weighted by Gasteiger charge is 2.29. The number of ether oxygens (including phenoxy) is 1. The number of rotatable bonds is 6. The van der Waals surface area contributed by atoms with E-state index in [4.69, 9.17) is 4.74 Å². The highest BCUT2D eigenvalue weighted by Crippen LogP contribution is 2.26. The summed E-state index contributed by atoms with van der Waals surface area (Å²) in [6.45, 7) is 3.82. The maximum Gasteiger partial charge on any atom is 0.253 e. The van der Waals surface area contributed by atoms with Crippen LogP contribution in [0.3, 0.4) is 0 Å². The summed E-state index contributed by atoms with van der Waals surface area (Å²) in [7, 11) is 1.65. The summed E-state index contributed by atoms with van der Waals surface area (Å²) in [5, 5.41) is 2.74. The highest BCUT2D eigenvalue weighted by atomic mass is 16.5. The fourth-order valence-corrected chi connectivity index (χ4v) is 3.15. The van der Waals surface area contributed by atoms with Gasteiger partial charge in [0.1, 0.15) is 5.82 Å². The Balaban J connectivity index is 1.59. The van der Waals surface area contributed by atoms with E-state index in [1.165, 1.54) is 6.92 Å². The van der Waals surface area contributed by atoms with E-state index in [9.17, 15) is 9.59 Å². The molecule has 0 aliphatic carbocycles. The van der Waals surface area contributed by atoms with Gasteiger partial charge in [0.2, 0.25) is 5.91 Å². The number of aromatic nitrogens is 2. The normalized spacial score (nSPS) is 16.7. The van der Waals surface area contributed by atoms with Gasteiger partial charge in [-0.1, -0.05) is 12.1 Å². The van der Waals surface area contributed by atoms with Crippen LogP contribution in [0.5, 0.6) is 0 Å². The van der Waals surface area contributed by atoms with Crippen molar-refractivity contribution in [2.24, 2.45) is 0 Å². The minimum Gasteiger partial charge on any atom is -0.380 e. The van der Waals surface area contributed by atoms with E-state index >= 15 is 0 Å². The number of carbonyl (C=O) groups is 2. The number of amides is 2. The molecule has 1 aliphatic rings. The van der Waals surface area contributed by atoms with Crippen LogP contribution in [0.15, 0.2) is 30.5 Å². The Morgan fingerprint density at radius 1 is 1.35 bits per heavy atom. The highest BCUT2D eigenvalue weighted by molar-refractivity contribution is 5.94. The van der Waals surface area contributed by atoms with Gasteiger partial charge in [0.25, 0.3) is 5.91 Å². The first-order chi connectivity index (χ1) is 12.6. The van der Waals surface area contributed by atoms with Gasteiger partial charge < -0.3 is 19.9 Å². The maximum absolute atomic E-state index is 12.7. The van der Waals surface area contributed by atoms with E-state index in [1.807, 2.05) is 29.2 Å². The number of imidazole rings is 1. The third-order valence-electron chi connectivity index (χ3n) is 4.55. The zero-order valence-corrected chi connectivity index (χ0v) is 15.1. The molecule has 0 bridgehead atoms. The van der Waals surface area contributed by atoms with Gasteiger partial charge >= 0.3 is 0 Å². The van der Waals surface area contributed by atoms with Gasteiger partial charge in [0.05, 0.1) is 25.0 Å². The third kappa shape index (κ3) is 4.29. The fourth-order valence-electron chi connectivity index (χ4n) is 3.15. The van der Waals surface area contributed by atoms with Crippen molar-refractivity contribution in [1.29, 1.82) is 0 Å². The average Bonchev–Trinajstić information content (AvgIpc) is 3.29. The Morgan fingerprint density at radius 2 is 2.12 bits per heavy atom. The third-order valence-corrected chi connectivity index (χ3v) is 4.55. The number of benzene rings is 1. The predicted octanol–water partition coefficient (Wildman–Crippen LogP) is 1.82. The number of aromatic amines is 1. The SMILES string of the molecule is COCc1ccc(C(=O)N2CCC(c3ncc(CNC(C)=O)[nH]3)C2)cc1. The van der Waals surface area contributed by atoms with Crippen molar-refractivity contribution in [3.63, 3.8) is 0 Å². The average molecular weight is 356 g/mol. The van der Waals surface area contributed by atoms with Crippen LogP contribution >= 0.6 is 0 Å². The van der Waals surface area contributed by atoms with Crippen molar-refractivity contribution in [3.8, 4) is 0 Å². The number of carbonyl (C=O) groups excluding carboxylic acids is 2. The zero-order chi connectivity index (χ0) is 18.5. The smallest absolute Gasteiger partial charge is 0.253 e. The second-order valence-corrected chi connectivity index (χ2v) is 6.57. The van der Waals surface area contributed by atoms with E-state index in [2.05, 4.69) is 15.3 Å². The van der Waals surface area contributed by atoms with Crippen LogP contribution in [-0.4, -0.2) is 46.9 Å². The van der Waals surface area contributed by atoms with Crippen LogP contribution in [0.1, 0.15) is 46.7 Å². The molecule has 1 unspecified atom stereocenters. The van der Waals surface area contributed by atoms with Gasteiger partial charge in [0, 0.05) is 38.6 Å². The van der Waals surface area contributed by atoms with Crippen molar-refractivity contribution in [1.82, 2.24) is 20.2 Å². The van der Waals surface area contributed by atoms with Crippen LogP contribution in [0, 0.1) is 0 Å². The Bertz CT molecular complexity index is 769. The molecular formula is C19H24N4O3. The molecule has 2 amide bonds. The lowest BCUT2D eigenvalue weighted by Gasteiger charge is -2.16. The molecule has 138 valence electrons. The lowest BCUT2D eigenvalue weighted by Crippen LogP contribution is -2.28. The molecule has 1 atom stereocenters. The Morgan fingerprint density at radius 3 is 2.81 bits per heavy atom. The second-order valence-electron chi connectivity index (χ2n) is 6.57. The summed E-state index contributed by atoms with van der Waals surface area (Å²) in [4.78, 5) is 33.2. The van der Waals surface area contributed by atoms with Crippen LogP contribution in [-0.2, 0) is 22.7 Å². The van der Waals surface area contributed by atoms with Crippen molar-refractivity contribution in [3.05, 3.63) is 53.1 Å². The summed E-state index contributed by atoms with van der Waals surface area (Å²) in [5.74, 6) is 1.03. The molecule has 3 rings (SSSR count). The molecule has 1 saturated heterocycles. The molecule has 0 radical (unpaired) electrons. The predicted molar refractivity (Wildman–Crippen MR) is 96.5 cm³/mol. The first kappa shape index (κ1) is 18.1. The lowest BCUT2D eigenvalue weighted by atomic mass is 10.1. The van der Waals surface area contributed by atoms with Gasteiger partial charge in [-0.05, 0) is 24.1 Å². The number of hydrogen-bond acceptors (Lipinski definition) is 4. The van der Waals surface area contributed by atoms with E-state index in [0.29, 0.717) is 31.8 Å². The molecule has 2 heterocycles. The molecule has 1 aliphatic heterocycles. The number of nitrogens with one attached hydrogen (secondary N) is 2. The van der Waals surface area contributed by atoms with Crippen molar-refractivity contribution in [2.45, 2.75) is 32.4 Å². The van der Waals surface area contributed by atoms with E-state index in [-0.39, 0.29) is 17.7 Å². The summed E-state index contributed by atoms with van der Waals surface area (Å²) in [6.07, 6.45) is 2.62. The van der Waals surface area contributed by atoms with Gasteiger partial charge in [-0.3, -0.25) is 9.59 Å². The molecule has 7 heteroatoms. The summed E-state index contributed by atoms with van der Waals surface area (Å²) in [6, 6.07) is 7.54. The molecule has 26 heavy (non-hydrogen) atoms. The number of likely N-dealkylation sites (tertiary alicyclic amines) is 1. The molecule has 2 N–H and O–H groups in total. The minimum atomic E-state index is -0.0738. The topological polar surface area (TPSA) is 87.3 Å². The Labute approximate surface area is 152 Å².